The molecule has 33 heavy (non-hydrogen) atoms. The molecule has 164 valence electrons. The molecule has 0 atom stereocenters. The lowest BCUT2D eigenvalue weighted by atomic mass is 10.1. The fourth-order valence-electron chi connectivity index (χ4n) is 3.41. The molecule has 3 aromatic heterocycles. The Kier molecular flexibility index (Phi) is 6.32. The molecule has 0 saturated carbocycles. The number of benzene rings is 1. The van der Waals surface area contributed by atoms with Gasteiger partial charge in [0.05, 0.1) is 14.2 Å². The van der Waals surface area contributed by atoms with Crippen molar-refractivity contribution in [2.24, 2.45) is 0 Å². The second kappa shape index (κ2) is 9.66. The first-order valence-corrected chi connectivity index (χ1v) is 10.1. The highest BCUT2D eigenvalue weighted by Gasteiger charge is 2.13. The number of fused-ring (bicyclic) bond motifs is 1. The second-order valence-corrected chi connectivity index (χ2v) is 7.15. The summed E-state index contributed by atoms with van der Waals surface area (Å²) in [5.74, 6) is 0.692. The van der Waals surface area contributed by atoms with Gasteiger partial charge in [0.15, 0.2) is 11.5 Å². The van der Waals surface area contributed by atoms with Gasteiger partial charge < -0.3 is 19.8 Å². The van der Waals surface area contributed by atoms with Crippen LogP contribution in [0.3, 0.4) is 0 Å². The van der Waals surface area contributed by atoms with E-state index >= 15 is 0 Å². The predicted molar refractivity (Wildman–Crippen MR) is 124 cm³/mol. The van der Waals surface area contributed by atoms with E-state index in [2.05, 4.69) is 20.3 Å². The molecular weight excluding hydrogens is 418 g/mol. The molecule has 0 spiro atoms. The molecule has 1 aromatic carbocycles. The lowest BCUT2D eigenvalue weighted by Crippen LogP contribution is -2.24. The van der Waals surface area contributed by atoms with Gasteiger partial charge >= 0.3 is 0 Å². The average molecular weight is 439 g/mol. The number of aromatic amines is 1. The summed E-state index contributed by atoms with van der Waals surface area (Å²) in [5.41, 5.74) is 3.98. The van der Waals surface area contributed by atoms with Gasteiger partial charge in [0.2, 0.25) is 0 Å². The summed E-state index contributed by atoms with van der Waals surface area (Å²) in [6.45, 7) is 0.235. The lowest BCUT2D eigenvalue weighted by Gasteiger charge is -2.10. The standard InChI is InChI=1S/C25H21N5O3/c1-32-22-6-5-16(8-23(22)33-2)12-30-25(31)18(11-26)9-20-15-29-24-21(20)10-19(14-28-24)17-4-3-7-27-13-17/h3-10,13-15H,12H2,1-2H3,(H,28,29)(H,30,31)/b18-9+. The molecular formula is C25H21N5O3. The number of aromatic nitrogens is 3. The summed E-state index contributed by atoms with van der Waals surface area (Å²) in [6, 6.07) is 13.1. The van der Waals surface area contributed by atoms with Gasteiger partial charge in [-0.15, -0.1) is 0 Å². The number of nitrogens with one attached hydrogen (secondary N) is 2. The Morgan fingerprint density at radius 3 is 2.73 bits per heavy atom. The molecule has 1 amide bonds. The van der Waals surface area contributed by atoms with Gasteiger partial charge in [0.1, 0.15) is 17.3 Å². The number of carbonyl (C=O) groups excluding carboxylic acids is 1. The van der Waals surface area contributed by atoms with Gasteiger partial charge in [-0.3, -0.25) is 9.78 Å². The molecule has 8 nitrogen and oxygen atoms in total. The third kappa shape index (κ3) is 4.67. The van der Waals surface area contributed by atoms with Crippen molar-refractivity contribution in [3.05, 3.63) is 77.9 Å². The van der Waals surface area contributed by atoms with Crippen LogP contribution in [0.2, 0.25) is 0 Å². The Bertz CT molecular complexity index is 1370. The van der Waals surface area contributed by atoms with Crippen LogP contribution in [-0.4, -0.2) is 35.1 Å². The Morgan fingerprint density at radius 2 is 2.00 bits per heavy atom. The van der Waals surface area contributed by atoms with E-state index in [0.29, 0.717) is 22.7 Å². The maximum Gasteiger partial charge on any atom is 0.262 e. The summed E-state index contributed by atoms with van der Waals surface area (Å²) in [7, 11) is 3.11. The number of hydrogen-bond acceptors (Lipinski definition) is 6. The fraction of sp³-hybridized carbons (Fsp3) is 0.120. The number of hydrogen-bond donors (Lipinski definition) is 2. The van der Waals surface area contributed by atoms with E-state index in [0.717, 1.165) is 22.1 Å². The van der Waals surface area contributed by atoms with Crippen molar-refractivity contribution in [2.45, 2.75) is 6.54 Å². The Morgan fingerprint density at radius 1 is 1.15 bits per heavy atom. The number of ether oxygens (including phenoxy) is 2. The molecule has 0 unspecified atom stereocenters. The van der Waals surface area contributed by atoms with Crippen molar-refractivity contribution in [3.63, 3.8) is 0 Å². The zero-order valence-electron chi connectivity index (χ0n) is 18.1. The number of methoxy groups -OCH3 is 2. The topological polar surface area (TPSA) is 113 Å². The number of nitrogens with zero attached hydrogens (tertiary/aromatic N) is 3. The van der Waals surface area contributed by atoms with E-state index in [1.54, 1.807) is 57.2 Å². The van der Waals surface area contributed by atoms with Gasteiger partial charge in [-0.25, -0.2) is 4.98 Å². The maximum absolute atomic E-state index is 12.7. The van der Waals surface area contributed by atoms with E-state index in [9.17, 15) is 10.1 Å². The summed E-state index contributed by atoms with van der Waals surface area (Å²) in [4.78, 5) is 24.4. The van der Waals surface area contributed by atoms with Crippen molar-refractivity contribution in [2.75, 3.05) is 14.2 Å². The zero-order valence-corrected chi connectivity index (χ0v) is 18.1. The average Bonchev–Trinajstić information content (AvgIpc) is 3.27. The van der Waals surface area contributed by atoms with Gasteiger partial charge in [0, 0.05) is 53.4 Å². The van der Waals surface area contributed by atoms with Gasteiger partial charge in [-0.1, -0.05) is 12.1 Å². The highest BCUT2D eigenvalue weighted by Crippen LogP contribution is 2.28. The van der Waals surface area contributed by atoms with E-state index in [1.165, 1.54) is 0 Å². The van der Waals surface area contributed by atoms with E-state index in [1.807, 2.05) is 30.3 Å². The zero-order chi connectivity index (χ0) is 23.2. The van der Waals surface area contributed by atoms with Crippen molar-refractivity contribution < 1.29 is 14.3 Å². The fourth-order valence-corrected chi connectivity index (χ4v) is 3.41. The van der Waals surface area contributed by atoms with Gasteiger partial charge in [-0.05, 0) is 35.9 Å². The highest BCUT2D eigenvalue weighted by molar-refractivity contribution is 6.03. The third-order valence-electron chi connectivity index (χ3n) is 5.12. The van der Waals surface area contributed by atoms with Crippen LogP contribution >= 0.6 is 0 Å². The Balaban J connectivity index is 1.56. The van der Waals surface area contributed by atoms with E-state index in [4.69, 9.17) is 9.47 Å². The van der Waals surface area contributed by atoms with Crippen molar-refractivity contribution in [3.8, 4) is 28.7 Å². The van der Waals surface area contributed by atoms with Gasteiger partial charge in [0.25, 0.3) is 5.91 Å². The first-order valence-electron chi connectivity index (χ1n) is 10.1. The number of carbonyl (C=O) groups is 1. The number of amides is 1. The van der Waals surface area contributed by atoms with Crippen LogP contribution in [-0.2, 0) is 11.3 Å². The molecule has 0 radical (unpaired) electrons. The van der Waals surface area contributed by atoms with Crippen LogP contribution in [0.1, 0.15) is 11.1 Å². The monoisotopic (exact) mass is 439 g/mol. The van der Waals surface area contributed by atoms with Crippen LogP contribution in [0.15, 0.2) is 66.8 Å². The van der Waals surface area contributed by atoms with Crippen LogP contribution < -0.4 is 14.8 Å². The molecule has 0 fully saturated rings. The molecule has 8 heteroatoms. The predicted octanol–water partition coefficient (Wildman–Crippen LogP) is 3.87. The van der Waals surface area contributed by atoms with E-state index < -0.39 is 5.91 Å². The van der Waals surface area contributed by atoms with Gasteiger partial charge in [-0.2, -0.15) is 5.26 Å². The normalized spacial score (nSPS) is 11.1. The minimum atomic E-state index is -0.474. The second-order valence-electron chi connectivity index (χ2n) is 7.15. The molecule has 0 saturated heterocycles. The van der Waals surface area contributed by atoms with Crippen LogP contribution in [0.25, 0.3) is 28.2 Å². The molecule has 0 aliphatic carbocycles. The largest absolute Gasteiger partial charge is 0.493 e. The Hall–Kier alpha value is -4.64. The van der Waals surface area contributed by atoms with Crippen molar-refractivity contribution in [1.82, 2.24) is 20.3 Å². The number of rotatable bonds is 7. The van der Waals surface area contributed by atoms with Crippen LogP contribution in [0, 0.1) is 11.3 Å². The molecule has 4 rings (SSSR count). The minimum absolute atomic E-state index is 0.0110. The lowest BCUT2D eigenvalue weighted by molar-refractivity contribution is -0.117. The summed E-state index contributed by atoms with van der Waals surface area (Å²) in [5, 5.41) is 13.2. The molecule has 3 heterocycles. The van der Waals surface area contributed by atoms with Crippen LogP contribution in [0.5, 0.6) is 11.5 Å². The smallest absolute Gasteiger partial charge is 0.262 e. The summed E-state index contributed by atoms with van der Waals surface area (Å²) in [6.07, 6.45) is 8.50. The van der Waals surface area contributed by atoms with E-state index in [-0.39, 0.29) is 12.1 Å². The maximum atomic E-state index is 12.7. The van der Waals surface area contributed by atoms with Crippen molar-refractivity contribution in [1.29, 1.82) is 5.26 Å². The third-order valence-corrected chi connectivity index (χ3v) is 5.12. The SMILES string of the molecule is COc1ccc(CNC(=O)/C(C#N)=C/c2c[nH]c3ncc(-c4cccnc4)cc23)cc1OC. The summed E-state index contributed by atoms with van der Waals surface area (Å²) >= 11 is 0. The number of pyridine rings is 2. The number of nitriles is 1. The molecule has 0 bridgehead atoms. The summed E-state index contributed by atoms with van der Waals surface area (Å²) < 4.78 is 10.5. The molecule has 2 N–H and O–H groups in total. The first kappa shape index (κ1) is 21.6. The molecule has 4 aromatic rings. The van der Waals surface area contributed by atoms with Crippen molar-refractivity contribution >= 4 is 23.0 Å². The first-order chi connectivity index (χ1) is 16.1. The minimum Gasteiger partial charge on any atom is -0.493 e. The number of H-pyrrole nitrogens is 1. The quantitative estimate of drug-likeness (QED) is 0.334. The Labute approximate surface area is 190 Å². The molecule has 0 aliphatic heterocycles. The molecule has 0 aliphatic rings. The highest BCUT2D eigenvalue weighted by atomic mass is 16.5. The van der Waals surface area contributed by atoms with Crippen LogP contribution in [0.4, 0.5) is 0 Å².